The van der Waals surface area contributed by atoms with Crippen molar-refractivity contribution in [3.8, 4) is 5.75 Å². The molecule has 1 saturated carbocycles. The van der Waals surface area contributed by atoms with Crippen LogP contribution >= 0.6 is 12.4 Å². The topological polar surface area (TPSA) is 78.5 Å². The first-order valence-corrected chi connectivity index (χ1v) is 8.18. The minimum absolute atomic E-state index is 0. The van der Waals surface area contributed by atoms with Crippen LogP contribution in [0.2, 0.25) is 0 Å². The number of anilines is 1. The highest BCUT2D eigenvalue weighted by Gasteiger charge is 2.30. The molecule has 1 fully saturated rings. The summed E-state index contributed by atoms with van der Waals surface area (Å²) < 4.78 is 0. The molecule has 5 N–H and O–H groups in total. The lowest BCUT2D eigenvalue weighted by Gasteiger charge is -2.33. The first-order valence-electron chi connectivity index (χ1n) is 8.18. The molecular weight excluding hydrogens is 300 g/mol. The maximum atomic E-state index is 10.6. The van der Waals surface area contributed by atoms with Gasteiger partial charge < -0.3 is 21.3 Å². The van der Waals surface area contributed by atoms with Gasteiger partial charge in [0.2, 0.25) is 0 Å². The van der Waals surface area contributed by atoms with Crippen molar-refractivity contribution in [2.45, 2.75) is 57.1 Å². The van der Waals surface area contributed by atoms with Gasteiger partial charge >= 0.3 is 0 Å². The van der Waals surface area contributed by atoms with E-state index in [2.05, 4.69) is 5.32 Å². The number of phenols is 1. The molecule has 4 nitrogen and oxygen atoms in total. The van der Waals surface area contributed by atoms with E-state index in [0.29, 0.717) is 5.69 Å². The van der Waals surface area contributed by atoms with Crippen molar-refractivity contribution in [1.29, 1.82) is 0 Å². The molecule has 3 rings (SSSR count). The standard InChI is InChI=1S/C17H26N2O2.ClH/c18-16-12-6-8-14(17(21)13(12)7-9-15(16)20)19-10-11-4-2-1-3-5-11;/h7,9,11,14,17,19-21H,1-6,8,10,18H2;1H. The third-order valence-corrected chi connectivity index (χ3v) is 5.17. The van der Waals surface area contributed by atoms with Gasteiger partial charge in [-0.25, -0.2) is 0 Å². The third-order valence-electron chi connectivity index (χ3n) is 5.17. The lowest BCUT2D eigenvalue weighted by Crippen LogP contribution is -2.41. The zero-order chi connectivity index (χ0) is 14.8. The molecule has 2 unspecified atom stereocenters. The zero-order valence-electron chi connectivity index (χ0n) is 12.9. The molecule has 1 aromatic rings. The number of rotatable bonds is 3. The van der Waals surface area contributed by atoms with Crippen LogP contribution in [0.1, 0.15) is 55.8 Å². The molecule has 0 saturated heterocycles. The fraction of sp³-hybridized carbons (Fsp3) is 0.647. The molecule has 2 aliphatic rings. The van der Waals surface area contributed by atoms with E-state index in [0.717, 1.165) is 36.4 Å². The predicted octanol–water partition coefficient (Wildman–Crippen LogP) is 2.91. The third kappa shape index (κ3) is 3.50. The summed E-state index contributed by atoms with van der Waals surface area (Å²) in [5, 5.41) is 23.8. The number of hydrogen-bond donors (Lipinski definition) is 4. The summed E-state index contributed by atoms with van der Waals surface area (Å²) in [7, 11) is 0. The van der Waals surface area contributed by atoms with Crippen molar-refractivity contribution >= 4 is 18.1 Å². The molecule has 0 aliphatic heterocycles. The number of phenolic OH excluding ortho intramolecular Hbond substituents is 1. The molecule has 0 aromatic heterocycles. The lowest BCUT2D eigenvalue weighted by atomic mass is 9.83. The van der Waals surface area contributed by atoms with Gasteiger partial charge in [0.25, 0.3) is 0 Å². The summed E-state index contributed by atoms with van der Waals surface area (Å²) in [6.45, 7) is 1.00. The molecular formula is C17H27ClN2O2. The molecule has 22 heavy (non-hydrogen) atoms. The number of nitrogens with one attached hydrogen (secondary N) is 1. The van der Waals surface area contributed by atoms with E-state index in [9.17, 15) is 10.2 Å². The highest BCUT2D eigenvalue weighted by atomic mass is 35.5. The van der Waals surface area contributed by atoms with E-state index in [1.54, 1.807) is 12.1 Å². The maximum Gasteiger partial charge on any atom is 0.138 e. The minimum atomic E-state index is -0.528. The summed E-state index contributed by atoms with van der Waals surface area (Å²) in [6, 6.07) is 3.49. The van der Waals surface area contributed by atoms with Crippen molar-refractivity contribution in [3.05, 3.63) is 23.3 Å². The Morgan fingerprint density at radius 3 is 2.59 bits per heavy atom. The summed E-state index contributed by atoms with van der Waals surface area (Å²) in [5.74, 6) is 0.881. The number of aliphatic hydroxyl groups is 1. The monoisotopic (exact) mass is 326 g/mol. The van der Waals surface area contributed by atoms with Gasteiger partial charge in [-0.1, -0.05) is 25.3 Å². The molecule has 124 valence electrons. The largest absolute Gasteiger partial charge is 0.506 e. The molecule has 2 aliphatic carbocycles. The molecule has 0 bridgehead atoms. The van der Waals surface area contributed by atoms with Gasteiger partial charge in [-0.3, -0.25) is 0 Å². The summed E-state index contributed by atoms with van der Waals surface area (Å²) >= 11 is 0. The van der Waals surface area contributed by atoms with Crippen LogP contribution in [0.3, 0.4) is 0 Å². The smallest absolute Gasteiger partial charge is 0.138 e. The second kappa shape index (κ2) is 7.53. The molecule has 1 aromatic carbocycles. The van der Waals surface area contributed by atoms with Crippen LogP contribution in [0.5, 0.6) is 5.75 Å². The van der Waals surface area contributed by atoms with Crippen molar-refractivity contribution in [3.63, 3.8) is 0 Å². The van der Waals surface area contributed by atoms with Gasteiger partial charge in [-0.2, -0.15) is 0 Å². The number of fused-ring (bicyclic) bond motifs is 1. The van der Waals surface area contributed by atoms with Crippen LogP contribution in [0.4, 0.5) is 5.69 Å². The second-order valence-corrected chi connectivity index (χ2v) is 6.57. The Balaban J connectivity index is 0.00000176. The number of halogens is 1. The van der Waals surface area contributed by atoms with E-state index < -0.39 is 6.10 Å². The van der Waals surface area contributed by atoms with Crippen LogP contribution in [0, 0.1) is 5.92 Å². The number of nitrogens with two attached hydrogens (primary N) is 1. The van der Waals surface area contributed by atoms with Crippen LogP contribution in [0.25, 0.3) is 0 Å². The lowest BCUT2D eigenvalue weighted by molar-refractivity contribution is 0.111. The highest BCUT2D eigenvalue weighted by molar-refractivity contribution is 5.85. The highest BCUT2D eigenvalue weighted by Crippen LogP contribution is 2.37. The molecule has 2 atom stereocenters. The van der Waals surface area contributed by atoms with E-state index in [1.165, 1.54) is 32.1 Å². The minimum Gasteiger partial charge on any atom is -0.506 e. The number of aliphatic hydroxyl groups excluding tert-OH is 1. The number of benzene rings is 1. The van der Waals surface area contributed by atoms with Crippen LogP contribution in [-0.2, 0) is 6.42 Å². The Morgan fingerprint density at radius 1 is 1.14 bits per heavy atom. The molecule has 0 amide bonds. The number of aromatic hydroxyl groups is 1. The first-order chi connectivity index (χ1) is 10.2. The van der Waals surface area contributed by atoms with Gasteiger partial charge in [0.1, 0.15) is 5.75 Å². The van der Waals surface area contributed by atoms with Gasteiger partial charge in [-0.05, 0) is 55.3 Å². The van der Waals surface area contributed by atoms with Crippen molar-refractivity contribution in [2.75, 3.05) is 12.3 Å². The maximum absolute atomic E-state index is 10.6. The fourth-order valence-electron chi connectivity index (χ4n) is 3.82. The normalized spacial score (nSPS) is 25.3. The van der Waals surface area contributed by atoms with Crippen molar-refractivity contribution in [1.82, 2.24) is 5.32 Å². The van der Waals surface area contributed by atoms with Gasteiger partial charge in [0.15, 0.2) is 0 Å². The van der Waals surface area contributed by atoms with Crippen molar-refractivity contribution in [2.24, 2.45) is 5.92 Å². The quantitative estimate of drug-likeness (QED) is 0.509. The zero-order valence-corrected chi connectivity index (χ0v) is 13.7. The average molecular weight is 327 g/mol. The van der Waals surface area contributed by atoms with E-state index in [-0.39, 0.29) is 24.2 Å². The molecule has 0 spiro atoms. The van der Waals surface area contributed by atoms with E-state index in [4.69, 9.17) is 5.73 Å². The van der Waals surface area contributed by atoms with E-state index in [1.807, 2.05) is 0 Å². The SMILES string of the molecule is Cl.Nc1c(O)ccc2c1CCC(NCC1CCCCC1)C2O. The number of hydrogen-bond acceptors (Lipinski definition) is 4. The summed E-state index contributed by atoms with van der Waals surface area (Å²) in [4.78, 5) is 0. The Bertz CT molecular complexity index is 504. The van der Waals surface area contributed by atoms with Crippen LogP contribution < -0.4 is 11.1 Å². The molecule has 0 heterocycles. The van der Waals surface area contributed by atoms with E-state index >= 15 is 0 Å². The van der Waals surface area contributed by atoms with Gasteiger partial charge in [0, 0.05) is 6.04 Å². The van der Waals surface area contributed by atoms with Crippen molar-refractivity contribution < 1.29 is 10.2 Å². The predicted molar refractivity (Wildman–Crippen MR) is 91.4 cm³/mol. The summed E-state index contributed by atoms with van der Waals surface area (Å²) in [5.41, 5.74) is 8.14. The Kier molecular flexibility index (Phi) is 5.95. The Morgan fingerprint density at radius 2 is 1.86 bits per heavy atom. The van der Waals surface area contributed by atoms with Crippen LogP contribution in [0.15, 0.2) is 12.1 Å². The first kappa shape index (κ1) is 17.4. The number of nitrogen functional groups attached to an aromatic ring is 1. The second-order valence-electron chi connectivity index (χ2n) is 6.57. The van der Waals surface area contributed by atoms with Gasteiger partial charge in [0.05, 0.1) is 11.8 Å². The molecule has 5 heteroatoms. The molecule has 0 radical (unpaired) electrons. The average Bonchev–Trinajstić information content (AvgIpc) is 2.51. The summed E-state index contributed by atoms with van der Waals surface area (Å²) in [6.07, 6.45) is 7.85. The van der Waals surface area contributed by atoms with Gasteiger partial charge in [-0.15, -0.1) is 12.4 Å². The Labute approximate surface area is 138 Å². The Hall–Kier alpha value is -0.970. The fourth-order valence-corrected chi connectivity index (χ4v) is 3.82. The van der Waals surface area contributed by atoms with Crippen LogP contribution in [-0.4, -0.2) is 22.8 Å².